The highest BCUT2D eigenvalue weighted by atomic mass is 32.1. The third kappa shape index (κ3) is 2.78. The van der Waals surface area contributed by atoms with Gasteiger partial charge in [0.15, 0.2) is 0 Å². The first-order valence-corrected chi connectivity index (χ1v) is 8.38. The summed E-state index contributed by atoms with van der Waals surface area (Å²) in [4.78, 5) is 13.2. The standard InChI is InChI=1S/C17H16N4OS/c22-17-14-9-13(15-7-4-8-23-15)20-21(14)16(11-19-17)18-10-12-5-2-1-3-6-12/h1-9,16,18H,10-11H2,(H,19,22)/t16-/m1/s1. The Morgan fingerprint density at radius 3 is 2.91 bits per heavy atom. The average molecular weight is 324 g/mol. The van der Waals surface area contributed by atoms with Gasteiger partial charge in [-0.3, -0.25) is 10.1 Å². The van der Waals surface area contributed by atoms with Gasteiger partial charge >= 0.3 is 0 Å². The van der Waals surface area contributed by atoms with Crippen LogP contribution < -0.4 is 10.6 Å². The number of thiophene rings is 1. The summed E-state index contributed by atoms with van der Waals surface area (Å²) in [6.45, 7) is 1.26. The number of nitrogens with one attached hydrogen (secondary N) is 2. The molecule has 116 valence electrons. The normalized spacial score (nSPS) is 16.9. The number of nitrogens with zero attached hydrogens (tertiary/aromatic N) is 2. The van der Waals surface area contributed by atoms with Crippen molar-refractivity contribution >= 4 is 17.2 Å². The molecule has 2 aromatic heterocycles. The topological polar surface area (TPSA) is 59.0 Å². The zero-order chi connectivity index (χ0) is 15.6. The Hall–Kier alpha value is -2.44. The lowest BCUT2D eigenvalue weighted by Gasteiger charge is -2.25. The van der Waals surface area contributed by atoms with E-state index >= 15 is 0 Å². The van der Waals surface area contributed by atoms with Crippen molar-refractivity contribution in [2.24, 2.45) is 0 Å². The van der Waals surface area contributed by atoms with Crippen LogP contribution in [0.4, 0.5) is 0 Å². The van der Waals surface area contributed by atoms with Crippen LogP contribution >= 0.6 is 11.3 Å². The predicted octanol–water partition coefficient (Wildman–Crippen LogP) is 2.64. The van der Waals surface area contributed by atoms with E-state index in [1.54, 1.807) is 16.0 Å². The van der Waals surface area contributed by atoms with Crippen LogP contribution in [0.2, 0.25) is 0 Å². The number of hydrogen-bond acceptors (Lipinski definition) is 4. The maximum Gasteiger partial charge on any atom is 0.269 e. The Morgan fingerprint density at radius 2 is 2.13 bits per heavy atom. The van der Waals surface area contributed by atoms with Crippen LogP contribution in [0.1, 0.15) is 22.2 Å². The van der Waals surface area contributed by atoms with Gasteiger partial charge in [0.1, 0.15) is 17.6 Å². The fourth-order valence-corrected chi connectivity index (χ4v) is 3.38. The van der Waals surface area contributed by atoms with Gasteiger partial charge in [-0.1, -0.05) is 36.4 Å². The predicted molar refractivity (Wildman–Crippen MR) is 90.2 cm³/mol. The number of benzene rings is 1. The maximum atomic E-state index is 12.1. The minimum atomic E-state index is -0.0712. The van der Waals surface area contributed by atoms with Gasteiger partial charge in [0, 0.05) is 6.54 Å². The third-order valence-corrected chi connectivity index (χ3v) is 4.77. The lowest BCUT2D eigenvalue weighted by Crippen LogP contribution is -2.45. The van der Waals surface area contributed by atoms with Crippen LogP contribution in [0.5, 0.6) is 0 Å². The van der Waals surface area contributed by atoms with Gasteiger partial charge in [0.05, 0.1) is 11.4 Å². The molecule has 0 saturated carbocycles. The SMILES string of the molecule is O=C1NC[C@H](NCc2ccccc2)n2nc(-c3cccs3)cc21. The molecule has 0 aliphatic carbocycles. The fourth-order valence-electron chi connectivity index (χ4n) is 2.70. The Balaban J connectivity index is 1.59. The maximum absolute atomic E-state index is 12.1. The molecule has 3 aromatic rings. The van der Waals surface area contributed by atoms with Crippen molar-refractivity contribution in [3.8, 4) is 10.6 Å². The summed E-state index contributed by atoms with van der Waals surface area (Å²) in [7, 11) is 0. The van der Waals surface area contributed by atoms with Crippen molar-refractivity contribution in [1.29, 1.82) is 0 Å². The number of aromatic nitrogens is 2. The molecule has 4 rings (SSSR count). The van der Waals surface area contributed by atoms with Gasteiger partial charge in [-0.15, -0.1) is 11.3 Å². The summed E-state index contributed by atoms with van der Waals surface area (Å²) in [5.41, 5.74) is 2.65. The highest BCUT2D eigenvalue weighted by Crippen LogP contribution is 2.26. The highest BCUT2D eigenvalue weighted by Gasteiger charge is 2.27. The molecule has 2 N–H and O–H groups in total. The molecule has 1 atom stereocenters. The molecule has 1 aliphatic rings. The van der Waals surface area contributed by atoms with Crippen molar-refractivity contribution in [1.82, 2.24) is 20.4 Å². The van der Waals surface area contributed by atoms with E-state index in [0.717, 1.165) is 17.1 Å². The summed E-state index contributed by atoms with van der Waals surface area (Å²) in [6, 6.07) is 16.1. The smallest absolute Gasteiger partial charge is 0.269 e. The van der Waals surface area contributed by atoms with Crippen LogP contribution in [0.15, 0.2) is 53.9 Å². The van der Waals surface area contributed by atoms with Crippen molar-refractivity contribution in [3.63, 3.8) is 0 Å². The van der Waals surface area contributed by atoms with Gasteiger partial charge in [0.25, 0.3) is 5.91 Å². The van der Waals surface area contributed by atoms with Crippen LogP contribution in [-0.2, 0) is 6.54 Å². The summed E-state index contributed by atoms with van der Waals surface area (Å²) < 4.78 is 1.80. The number of rotatable bonds is 4. The first-order chi connectivity index (χ1) is 11.3. The van der Waals surface area contributed by atoms with Gasteiger partial charge < -0.3 is 5.32 Å². The molecule has 1 aliphatic heterocycles. The number of amides is 1. The van der Waals surface area contributed by atoms with Crippen molar-refractivity contribution in [2.45, 2.75) is 12.7 Å². The van der Waals surface area contributed by atoms with E-state index in [0.29, 0.717) is 12.2 Å². The summed E-state index contributed by atoms with van der Waals surface area (Å²) in [5.74, 6) is -0.0712. The van der Waals surface area contributed by atoms with Crippen molar-refractivity contribution < 1.29 is 4.79 Å². The molecule has 0 spiro atoms. The van der Waals surface area contributed by atoms with Crippen LogP contribution in [0.3, 0.4) is 0 Å². The number of carbonyl (C=O) groups is 1. The second kappa shape index (κ2) is 5.98. The van der Waals surface area contributed by atoms with Gasteiger partial charge in [-0.2, -0.15) is 5.10 Å². The van der Waals surface area contributed by atoms with E-state index in [1.165, 1.54) is 5.56 Å². The van der Waals surface area contributed by atoms with Crippen molar-refractivity contribution in [3.05, 3.63) is 65.2 Å². The first-order valence-electron chi connectivity index (χ1n) is 7.50. The molecule has 1 amide bonds. The van der Waals surface area contributed by atoms with E-state index in [1.807, 2.05) is 41.8 Å². The largest absolute Gasteiger partial charge is 0.347 e. The summed E-state index contributed by atoms with van der Waals surface area (Å²) in [6.07, 6.45) is -0.0448. The zero-order valence-corrected chi connectivity index (χ0v) is 13.2. The fraction of sp³-hybridized carbons (Fsp3) is 0.176. The second-order valence-corrected chi connectivity index (χ2v) is 6.38. The zero-order valence-electron chi connectivity index (χ0n) is 12.4. The van der Waals surface area contributed by atoms with Gasteiger partial charge in [-0.25, -0.2) is 4.68 Å². The lowest BCUT2D eigenvalue weighted by molar-refractivity contribution is 0.0900. The number of hydrogen-bond donors (Lipinski definition) is 2. The first kappa shape index (κ1) is 14.2. The monoisotopic (exact) mass is 324 g/mol. The van der Waals surface area contributed by atoms with Crippen LogP contribution in [0.25, 0.3) is 10.6 Å². The molecule has 0 fully saturated rings. The van der Waals surface area contributed by atoms with Crippen LogP contribution in [0, 0.1) is 0 Å². The van der Waals surface area contributed by atoms with Gasteiger partial charge in [0.2, 0.25) is 0 Å². The quantitative estimate of drug-likeness (QED) is 0.776. The van der Waals surface area contributed by atoms with Crippen molar-refractivity contribution in [2.75, 3.05) is 6.54 Å². The van der Waals surface area contributed by atoms with E-state index in [-0.39, 0.29) is 12.1 Å². The molecule has 0 radical (unpaired) electrons. The van der Waals surface area contributed by atoms with E-state index in [2.05, 4.69) is 27.9 Å². The average Bonchev–Trinajstić information content (AvgIpc) is 3.25. The Bertz CT molecular complexity index is 811. The molecular formula is C17H16N4OS. The molecule has 5 nitrogen and oxygen atoms in total. The molecule has 6 heteroatoms. The van der Waals surface area contributed by atoms with E-state index in [4.69, 9.17) is 0 Å². The highest BCUT2D eigenvalue weighted by molar-refractivity contribution is 7.13. The molecule has 0 saturated heterocycles. The number of fused-ring (bicyclic) bond motifs is 1. The minimum Gasteiger partial charge on any atom is -0.347 e. The third-order valence-electron chi connectivity index (χ3n) is 3.88. The minimum absolute atomic E-state index is 0.0448. The molecule has 0 unspecified atom stereocenters. The lowest BCUT2D eigenvalue weighted by atomic mass is 10.2. The Kier molecular flexibility index (Phi) is 3.69. The van der Waals surface area contributed by atoms with Gasteiger partial charge in [-0.05, 0) is 23.1 Å². The molecular weight excluding hydrogens is 308 g/mol. The van der Waals surface area contributed by atoms with E-state index < -0.39 is 0 Å². The summed E-state index contributed by atoms with van der Waals surface area (Å²) in [5, 5.41) is 13.0. The molecule has 3 heterocycles. The van der Waals surface area contributed by atoms with E-state index in [9.17, 15) is 4.79 Å². The molecule has 23 heavy (non-hydrogen) atoms. The molecule has 0 bridgehead atoms. The molecule has 1 aromatic carbocycles. The second-order valence-electron chi connectivity index (χ2n) is 5.43. The Morgan fingerprint density at radius 1 is 1.26 bits per heavy atom. The Labute approximate surface area is 138 Å². The summed E-state index contributed by atoms with van der Waals surface area (Å²) >= 11 is 1.62. The van der Waals surface area contributed by atoms with Crippen LogP contribution in [-0.4, -0.2) is 22.2 Å². The number of carbonyl (C=O) groups excluding carboxylic acids is 1.